The second kappa shape index (κ2) is 9.87. The van der Waals surface area contributed by atoms with Crippen molar-refractivity contribution in [2.45, 2.75) is 32.1 Å². The highest BCUT2D eigenvalue weighted by atomic mass is 32.2. The summed E-state index contributed by atoms with van der Waals surface area (Å²) in [4.78, 5) is 12.7. The lowest BCUT2D eigenvalue weighted by molar-refractivity contribution is 0.0954. The monoisotopic (exact) mass is 452 g/mol. The SMILES string of the molecule is COc1ccc(CCNC(=O)c2ccc(C)c(S(=O)(=O)Nc3cc(C)ccc3C)c2)cc1. The van der Waals surface area contributed by atoms with Gasteiger partial charge in [0.1, 0.15) is 5.75 Å². The van der Waals surface area contributed by atoms with E-state index in [0.717, 1.165) is 22.4 Å². The molecule has 0 aliphatic rings. The largest absolute Gasteiger partial charge is 0.497 e. The van der Waals surface area contributed by atoms with E-state index in [1.165, 1.54) is 6.07 Å². The average molecular weight is 453 g/mol. The lowest BCUT2D eigenvalue weighted by atomic mass is 10.1. The highest BCUT2D eigenvalue weighted by molar-refractivity contribution is 7.92. The van der Waals surface area contributed by atoms with Crippen molar-refractivity contribution in [1.82, 2.24) is 5.32 Å². The number of methoxy groups -OCH3 is 1. The molecule has 0 radical (unpaired) electrons. The molecule has 0 aliphatic heterocycles. The summed E-state index contributed by atoms with van der Waals surface area (Å²) >= 11 is 0. The molecule has 0 atom stereocenters. The van der Waals surface area contributed by atoms with Crippen LogP contribution >= 0.6 is 0 Å². The number of hydrogen-bond donors (Lipinski definition) is 2. The second-order valence-corrected chi connectivity index (χ2v) is 9.41. The van der Waals surface area contributed by atoms with E-state index in [1.807, 2.05) is 50.2 Å². The molecule has 3 aromatic carbocycles. The normalized spacial score (nSPS) is 11.1. The molecule has 0 fully saturated rings. The van der Waals surface area contributed by atoms with E-state index in [-0.39, 0.29) is 10.8 Å². The minimum Gasteiger partial charge on any atom is -0.497 e. The number of amides is 1. The molecular formula is C25H28N2O4S. The van der Waals surface area contributed by atoms with Gasteiger partial charge in [-0.25, -0.2) is 8.42 Å². The maximum absolute atomic E-state index is 13.1. The number of nitrogens with one attached hydrogen (secondary N) is 2. The molecule has 2 N–H and O–H groups in total. The minimum absolute atomic E-state index is 0.0845. The summed E-state index contributed by atoms with van der Waals surface area (Å²) in [5.41, 5.74) is 4.23. The zero-order valence-corrected chi connectivity index (χ0v) is 19.5. The van der Waals surface area contributed by atoms with Crippen LogP contribution in [0.1, 0.15) is 32.6 Å². The van der Waals surface area contributed by atoms with Crippen LogP contribution in [0.2, 0.25) is 0 Å². The first-order valence-electron chi connectivity index (χ1n) is 10.3. The van der Waals surface area contributed by atoms with Gasteiger partial charge in [0.25, 0.3) is 15.9 Å². The Balaban J connectivity index is 1.72. The summed E-state index contributed by atoms with van der Waals surface area (Å²) in [5, 5.41) is 2.86. The number of sulfonamides is 1. The predicted molar refractivity (Wildman–Crippen MR) is 127 cm³/mol. The first kappa shape index (κ1) is 23.3. The molecule has 6 nitrogen and oxygen atoms in total. The Hall–Kier alpha value is -3.32. The first-order valence-corrected chi connectivity index (χ1v) is 11.8. The van der Waals surface area contributed by atoms with Crippen LogP contribution in [0, 0.1) is 20.8 Å². The molecule has 168 valence electrons. The molecule has 0 saturated heterocycles. The van der Waals surface area contributed by atoms with Crippen LogP contribution < -0.4 is 14.8 Å². The Morgan fingerprint density at radius 2 is 1.59 bits per heavy atom. The number of anilines is 1. The Kier molecular flexibility index (Phi) is 7.20. The summed E-state index contributed by atoms with van der Waals surface area (Å²) in [6.07, 6.45) is 0.654. The van der Waals surface area contributed by atoms with Crippen LogP contribution in [0.3, 0.4) is 0 Å². The van der Waals surface area contributed by atoms with Gasteiger partial charge < -0.3 is 10.1 Å². The average Bonchev–Trinajstić information content (AvgIpc) is 2.76. The third-order valence-corrected chi connectivity index (χ3v) is 6.74. The third kappa shape index (κ3) is 5.68. The Bertz CT molecular complexity index is 1220. The number of ether oxygens (including phenoxy) is 1. The molecule has 0 heterocycles. The fourth-order valence-electron chi connectivity index (χ4n) is 3.29. The smallest absolute Gasteiger partial charge is 0.262 e. The maximum atomic E-state index is 13.1. The molecule has 0 aromatic heterocycles. The topological polar surface area (TPSA) is 84.5 Å². The fraction of sp³-hybridized carbons (Fsp3) is 0.240. The number of aryl methyl sites for hydroxylation is 3. The van der Waals surface area contributed by atoms with Gasteiger partial charge in [-0.15, -0.1) is 0 Å². The van der Waals surface area contributed by atoms with Gasteiger partial charge in [0.15, 0.2) is 0 Å². The van der Waals surface area contributed by atoms with Crippen molar-refractivity contribution in [1.29, 1.82) is 0 Å². The van der Waals surface area contributed by atoms with Crippen LogP contribution in [0.15, 0.2) is 65.6 Å². The summed E-state index contributed by atoms with van der Waals surface area (Å²) in [5.74, 6) is 0.461. The van der Waals surface area contributed by atoms with Crippen molar-refractivity contribution >= 4 is 21.6 Å². The van der Waals surface area contributed by atoms with Gasteiger partial charge in [0.05, 0.1) is 17.7 Å². The molecule has 0 bridgehead atoms. The number of benzene rings is 3. The Morgan fingerprint density at radius 1 is 0.906 bits per heavy atom. The third-order valence-electron chi connectivity index (χ3n) is 5.24. The summed E-state index contributed by atoms with van der Waals surface area (Å²) < 4.78 is 33.9. The molecule has 32 heavy (non-hydrogen) atoms. The molecule has 7 heteroatoms. The minimum atomic E-state index is -3.85. The maximum Gasteiger partial charge on any atom is 0.262 e. The Morgan fingerprint density at radius 3 is 2.28 bits per heavy atom. The zero-order valence-electron chi connectivity index (χ0n) is 18.7. The van der Waals surface area contributed by atoms with Gasteiger partial charge in [-0.1, -0.05) is 30.3 Å². The molecular weight excluding hydrogens is 424 g/mol. The van der Waals surface area contributed by atoms with Crippen LogP contribution in [0.25, 0.3) is 0 Å². The predicted octanol–water partition coefficient (Wildman–Crippen LogP) is 4.39. The molecule has 1 amide bonds. The standard InChI is InChI=1S/C25H28N2O4S/c1-17-5-6-18(2)23(15-17)27-32(29,30)24-16-21(10-7-19(24)3)25(28)26-14-13-20-8-11-22(31-4)12-9-20/h5-12,15-16,27H,13-14H2,1-4H3,(H,26,28). The first-order chi connectivity index (χ1) is 15.2. The van der Waals surface area contributed by atoms with E-state index < -0.39 is 10.0 Å². The van der Waals surface area contributed by atoms with Crippen molar-refractivity contribution in [3.8, 4) is 5.75 Å². The van der Waals surface area contributed by atoms with Gasteiger partial charge in [-0.05, 0) is 79.8 Å². The summed E-state index contributed by atoms with van der Waals surface area (Å²) in [7, 11) is -2.24. The van der Waals surface area contributed by atoms with Crippen LogP contribution in [-0.4, -0.2) is 28.0 Å². The van der Waals surface area contributed by atoms with Gasteiger partial charge >= 0.3 is 0 Å². The summed E-state index contributed by atoms with van der Waals surface area (Å²) in [6.45, 7) is 5.89. The van der Waals surface area contributed by atoms with Gasteiger partial charge in [0.2, 0.25) is 0 Å². The lowest BCUT2D eigenvalue weighted by Crippen LogP contribution is -2.26. The molecule has 3 rings (SSSR count). The fourth-order valence-corrected chi connectivity index (χ4v) is 4.68. The van der Waals surface area contributed by atoms with Crippen molar-refractivity contribution in [2.24, 2.45) is 0 Å². The molecule has 3 aromatic rings. The lowest BCUT2D eigenvalue weighted by Gasteiger charge is -2.14. The van der Waals surface area contributed by atoms with E-state index in [4.69, 9.17) is 4.74 Å². The number of carbonyl (C=O) groups excluding carboxylic acids is 1. The van der Waals surface area contributed by atoms with E-state index in [9.17, 15) is 13.2 Å². The zero-order chi connectivity index (χ0) is 23.3. The van der Waals surface area contributed by atoms with Crippen LogP contribution in [-0.2, 0) is 16.4 Å². The van der Waals surface area contributed by atoms with Crippen molar-refractivity contribution in [3.63, 3.8) is 0 Å². The Labute approximate surface area is 189 Å². The number of carbonyl (C=O) groups is 1. The number of rotatable bonds is 8. The molecule has 0 saturated carbocycles. The quantitative estimate of drug-likeness (QED) is 0.531. The molecule has 0 aliphatic carbocycles. The second-order valence-electron chi connectivity index (χ2n) is 7.76. The van der Waals surface area contributed by atoms with E-state index in [0.29, 0.717) is 29.8 Å². The van der Waals surface area contributed by atoms with Gasteiger partial charge in [-0.3, -0.25) is 9.52 Å². The molecule has 0 spiro atoms. The van der Waals surface area contributed by atoms with E-state index in [1.54, 1.807) is 32.2 Å². The van der Waals surface area contributed by atoms with Crippen molar-refractivity contribution in [2.75, 3.05) is 18.4 Å². The van der Waals surface area contributed by atoms with E-state index >= 15 is 0 Å². The van der Waals surface area contributed by atoms with Crippen LogP contribution in [0.4, 0.5) is 5.69 Å². The summed E-state index contributed by atoms with van der Waals surface area (Å²) in [6, 6.07) is 17.9. The van der Waals surface area contributed by atoms with Crippen LogP contribution in [0.5, 0.6) is 5.75 Å². The van der Waals surface area contributed by atoms with Crippen molar-refractivity contribution in [3.05, 3.63) is 88.5 Å². The van der Waals surface area contributed by atoms with Crippen molar-refractivity contribution < 1.29 is 17.9 Å². The highest BCUT2D eigenvalue weighted by Crippen LogP contribution is 2.24. The van der Waals surface area contributed by atoms with Gasteiger partial charge in [-0.2, -0.15) is 0 Å². The molecule has 0 unspecified atom stereocenters. The van der Waals surface area contributed by atoms with Gasteiger partial charge in [0, 0.05) is 12.1 Å². The van der Waals surface area contributed by atoms with E-state index in [2.05, 4.69) is 10.0 Å². The highest BCUT2D eigenvalue weighted by Gasteiger charge is 2.20. The number of hydrogen-bond acceptors (Lipinski definition) is 4.